The fraction of sp³-hybridized carbons (Fsp3) is 0.143. The van der Waals surface area contributed by atoms with Crippen molar-refractivity contribution in [3.8, 4) is 5.69 Å². The standard InChI is InChI=1S/C21H19BN4/c1-22(2)14-15-12-13-19-20(23-15)25(16-8-4-3-5-9-16)21-24-17-10-6-7-11-18(17)26(19)21/h3-13H,14H2,1-2H3. The molecule has 0 fully saturated rings. The van der Waals surface area contributed by atoms with Crippen LogP contribution >= 0.6 is 0 Å². The van der Waals surface area contributed by atoms with Crippen LogP contribution in [0.1, 0.15) is 5.69 Å². The Kier molecular flexibility index (Phi) is 3.35. The number of hydrogen-bond donors (Lipinski definition) is 0. The zero-order valence-corrected chi connectivity index (χ0v) is 14.9. The third-order valence-electron chi connectivity index (χ3n) is 4.74. The lowest BCUT2D eigenvalue weighted by atomic mass is 9.51. The summed E-state index contributed by atoms with van der Waals surface area (Å²) in [6, 6.07) is 22.9. The summed E-state index contributed by atoms with van der Waals surface area (Å²) < 4.78 is 4.38. The quantitative estimate of drug-likeness (QED) is 0.448. The molecule has 0 bridgehead atoms. The summed E-state index contributed by atoms with van der Waals surface area (Å²) >= 11 is 0. The van der Waals surface area contributed by atoms with Gasteiger partial charge in [0.05, 0.1) is 22.2 Å². The van der Waals surface area contributed by atoms with Gasteiger partial charge in [-0.25, -0.2) is 9.97 Å². The average Bonchev–Trinajstić information content (AvgIpc) is 3.15. The van der Waals surface area contributed by atoms with E-state index in [0.717, 1.165) is 45.7 Å². The van der Waals surface area contributed by atoms with Crippen LogP contribution in [0.25, 0.3) is 33.7 Å². The van der Waals surface area contributed by atoms with Gasteiger partial charge in [-0.3, -0.25) is 8.97 Å². The van der Waals surface area contributed by atoms with Crippen LogP contribution in [0.3, 0.4) is 0 Å². The van der Waals surface area contributed by atoms with Crippen molar-refractivity contribution in [3.63, 3.8) is 0 Å². The Bertz CT molecular complexity index is 1230. The maximum absolute atomic E-state index is 5.01. The number of benzene rings is 2. The summed E-state index contributed by atoms with van der Waals surface area (Å²) in [4.78, 5) is 9.92. The number of imidazole rings is 2. The number of fused-ring (bicyclic) bond motifs is 5. The second kappa shape index (κ2) is 5.73. The van der Waals surface area contributed by atoms with Crippen molar-refractivity contribution in [2.75, 3.05) is 0 Å². The minimum atomic E-state index is 0.574. The predicted molar refractivity (Wildman–Crippen MR) is 109 cm³/mol. The van der Waals surface area contributed by atoms with E-state index in [0.29, 0.717) is 6.71 Å². The van der Waals surface area contributed by atoms with Gasteiger partial charge >= 0.3 is 0 Å². The van der Waals surface area contributed by atoms with Crippen LogP contribution in [0.2, 0.25) is 13.6 Å². The minimum absolute atomic E-state index is 0.574. The van der Waals surface area contributed by atoms with Gasteiger partial charge in [0, 0.05) is 5.69 Å². The van der Waals surface area contributed by atoms with Crippen molar-refractivity contribution < 1.29 is 0 Å². The summed E-state index contributed by atoms with van der Waals surface area (Å²) in [6.45, 7) is 5.02. The van der Waals surface area contributed by atoms with Gasteiger partial charge in [0.25, 0.3) is 0 Å². The molecule has 0 atom stereocenters. The summed E-state index contributed by atoms with van der Waals surface area (Å²) in [5.74, 6) is 0.904. The van der Waals surface area contributed by atoms with E-state index in [-0.39, 0.29) is 0 Å². The van der Waals surface area contributed by atoms with Gasteiger partial charge in [-0.15, -0.1) is 0 Å². The monoisotopic (exact) mass is 338 g/mol. The number of pyridine rings is 1. The van der Waals surface area contributed by atoms with Gasteiger partial charge in [0.2, 0.25) is 5.78 Å². The van der Waals surface area contributed by atoms with Crippen molar-refractivity contribution in [2.45, 2.75) is 20.0 Å². The molecule has 0 spiro atoms. The largest absolute Gasteiger partial charge is 0.274 e. The fourth-order valence-corrected chi connectivity index (χ4v) is 3.66. The van der Waals surface area contributed by atoms with Crippen LogP contribution in [0.5, 0.6) is 0 Å². The van der Waals surface area contributed by atoms with Crippen molar-refractivity contribution in [3.05, 3.63) is 72.4 Å². The minimum Gasteiger partial charge on any atom is -0.274 e. The summed E-state index contributed by atoms with van der Waals surface area (Å²) in [7, 11) is 0. The molecule has 5 heteroatoms. The molecular weight excluding hydrogens is 319 g/mol. The first-order chi connectivity index (χ1) is 12.7. The van der Waals surface area contributed by atoms with E-state index in [9.17, 15) is 0 Å². The van der Waals surface area contributed by atoms with E-state index in [2.05, 4.69) is 77.2 Å². The first-order valence-corrected chi connectivity index (χ1v) is 9.05. The fourth-order valence-electron chi connectivity index (χ4n) is 3.66. The van der Waals surface area contributed by atoms with E-state index in [1.807, 2.05) is 12.1 Å². The lowest BCUT2D eigenvalue weighted by molar-refractivity contribution is 1.07. The Labute approximate surface area is 152 Å². The molecule has 3 aromatic heterocycles. The van der Waals surface area contributed by atoms with Gasteiger partial charge < -0.3 is 0 Å². The lowest BCUT2D eigenvalue weighted by Gasteiger charge is -2.06. The zero-order valence-electron chi connectivity index (χ0n) is 14.9. The number of aromatic nitrogens is 4. The van der Waals surface area contributed by atoms with Crippen LogP contribution < -0.4 is 0 Å². The molecular formula is C21H19BN4. The molecule has 0 N–H and O–H groups in total. The first-order valence-electron chi connectivity index (χ1n) is 9.05. The molecule has 0 aliphatic carbocycles. The summed E-state index contributed by atoms with van der Waals surface area (Å²) in [6.07, 6.45) is 0.971. The Balaban J connectivity index is 1.92. The Morgan fingerprint density at radius 2 is 1.58 bits per heavy atom. The van der Waals surface area contributed by atoms with Crippen LogP contribution in [0.15, 0.2) is 66.7 Å². The number of nitrogens with zero attached hydrogens (tertiary/aromatic N) is 4. The normalized spacial score (nSPS) is 11.6. The van der Waals surface area contributed by atoms with E-state index >= 15 is 0 Å². The highest BCUT2D eigenvalue weighted by molar-refractivity contribution is 6.55. The van der Waals surface area contributed by atoms with Crippen molar-refractivity contribution in [1.29, 1.82) is 0 Å². The molecule has 0 saturated heterocycles. The van der Waals surface area contributed by atoms with Gasteiger partial charge in [-0.05, 0) is 42.7 Å². The van der Waals surface area contributed by atoms with Crippen molar-refractivity contribution in [2.24, 2.45) is 0 Å². The number of hydrogen-bond acceptors (Lipinski definition) is 2. The average molecular weight is 338 g/mol. The third kappa shape index (κ3) is 2.24. The van der Waals surface area contributed by atoms with E-state index < -0.39 is 0 Å². The molecule has 0 saturated carbocycles. The SMILES string of the molecule is CB(C)Cc1ccc2c(n1)n(-c1ccccc1)c1nc3ccccc3n21. The smallest absolute Gasteiger partial charge is 0.221 e. The van der Waals surface area contributed by atoms with Crippen molar-refractivity contribution >= 4 is 34.7 Å². The third-order valence-corrected chi connectivity index (χ3v) is 4.74. The van der Waals surface area contributed by atoms with E-state index in [1.165, 1.54) is 0 Å². The van der Waals surface area contributed by atoms with Crippen LogP contribution in [-0.2, 0) is 6.32 Å². The molecule has 2 aromatic carbocycles. The van der Waals surface area contributed by atoms with Crippen molar-refractivity contribution in [1.82, 2.24) is 18.9 Å². The molecule has 0 amide bonds. The highest BCUT2D eigenvalue weighted by atomic mass is 15.2. The molecule has 0 aliphatic rings. The maximum atomic E-state index is 5.01. The highest BCUT2D eigenvalue weighted by Crippen LogP contribution is 2.28. The summed E-state index contributed by atoms with van der Waals surface area (Å²) in [5.41, 5.74) is 6.36. The molecule has 26 heavy (non-hydrogen) atoms. The Morgan fingerprint density at radius 3 is 2.38 bits per heavy atom. The second-order valence-electron chi connectivity index (χ2n) is 7.15. The molecule has 0 aliphatic heterocycles. The number of rotatable bonds is 3. The number of para-hydroxylation sites is 3. The highest BCUT2D eigenvalue weighted by Gasteiger charge is 2.18. The van der Waals surface area contributed by atoms with E-state index in [1.54, 1.807) is 0 Å². The summed E-state index contributed by atoms with van der Waals surface area (Å²) in [5, 5.41) is 0. The van der Waals surface area contributed by atoms with Crippen LogP contribution in [-0.4, -0.2) is 25.6 Å². The van der Waals surface area contributed by atoms with Crippen LogP contribution in [0.4, 0.5) is 0 Å². The topological polar surface area (TPSA) is 35.1 Å². The molecule has 5 aromatic rings. The van der Waals surface area contributed by atoms with E-state index in [4.69, 9.17) is 9.97 Å². The lowest BCUT2D eigenvalue weighted by Crippen LogP contribution is -2.07. The molecule has 4 nitrogen and oxygen atoms in total. The van der Waals surface area contributed by atoms with Gasteiger partial charge in [0.1, 0.15) is 6.71 Å². The first kappa shape index (κ1) is 15.2. The van der Waals surface area contributed by atoms with Crippen LogP contribution in [0, 0.1) is 0 Å². The zero-order chi connectivity index (χ0) is 17.7. The van der Waals surface area contributed by atoms with Gasteiger partial charge in [-0.2, -0.15) is 0 Å². The maximum Gasteiger partial charge on any atom is 0.221 e. The molecule has 0 radical (unpaired) electrons. The Morgan fingerprint density at radius 1 is 0.808 bits per heavy atom. The Hall–Kier alpha value is -3.08. The molecule has 126 valence electrons. The van der Waals surface area contributed by atoms with Gasteiger partial charge in [-0.1, -0.05) is 44.0 Å². The second-order valence-corrected chi connectivity index (χ2v) is 7.15. The predicted octanol–water partition coefficient (Wildman–Crippen LogP) is 4.66. The molecule has 0 unspecified atom stereocenters. The molecule has 3 heterocycles. The van der Waals surface area contributed by atoms with Gasteiger partial charge in [0.15, 0.2) is 5.65 Å². The molecule has 5 rings (SSSR count).